The van der Waals surface area contributed by atoms with Gasteiger partial charge in [0.05, 0.1) is 6.42 Å². The molecule has 1 aromatic rings. The molecule has 1 saturated heterocycles. The molecule has 0 radical (unpaired) electrons. The number of piperidine rings is 1. The maximum atomic E-state index is 12.0. The number of nitrogens with two attached hydrogens (primary N) is 1. The van der Waals surface area contributed by atoms with Crippen LogP contribution in [-0.4, -0.2) is 30.4 Å². The van der Waals surface area contributed by atoms with Crippen LogP contribution >= 0.6 is 11.3 Å². The van der Waals surface area contributed by atoms with Gasteiger partial charge in [-0.1, -0.05) is 0 Å². The first kappa shape index (κ1) is 11.6. The molecule has 1 aliphatic rings. The number of carbonyl (C=O) groups is 1. The Hall–Kier alpha value is -0.870. The third-order valence-electron chi connectivity index (χ3n) is 3.14. The van der Waals surface area contributed by atoms with Crippen LogP contribution in [0.3, 0.4) is 0 Å². The lowest BCUT2D eigenvalue weighted by Crippen LogP contribution is -2.42. The highest BCUT2D eigenvalue weighted by molar-refractivity contribution is 7.07. The Bertz CT molecular complexity index is 337. The normalized spacial score (nSPS) is 21.1. The summed E-state index contributed by atoms with van der Waals surface area (Å²) in [7, 11) is 0. The molecule has 2 rings (SSSR count). The maximum Gasteiger partial charge on any atom is 0.227 e. The summed E-state index contributed by atoms with van der Waals surface area (Å²) >= 11 is 1.64. The summed E-state index contributed by atoms with van der Waals surface area (Å²) in [5.74, 6) is 0.747. The van der Waals surface area contributed by atoms with Gasteiger partial charge in [0, 0.05) is 13.1 Å². The lowest BCUT2D eigenvalue weighted by molar-refractivity contribution is -0.132. The van der Waals surface area contributed by atoms with E-state index in [0.717, 1.165) is 25.1 Å². The fraction of sp³-hybridized carbons (Fsp3) is 0.583. The quantitative estimate of drug-likeness (QED) is 0.867. The van der Waals surface area contributed by atoms with Crippen molar-refractivity contribution in [3.63, 3.8) is 0 Å². The highest BCUT2D eigenvalue weighted by Crippen LogP contribution is 2.17. The number of hydrogen-bond donors (Lipinski definition) is 1. The highest BCUT2D eigenvalue weighted by atomic mass is 32.1. The number of carbonyl (C=O) groups excluding carboxylic acids is 1. The Labute approximate surface area is 100 Å². The summed E-state index contributed by atoms with van der Waals surface area (Å²) in [6.45, 7) is 2.45. The van der Waals surface area contributed by atoms with Crippen molar-refractivity contribution in [3.8, 4) is 0 Å². The van der Waals surface area contributed by atoms with Gasteiger partial charge in [-0.3, -0.25) is 4.79 Å². The van der Waals surface area contributed by atoms with Crippen LogP contribution in [0.4, 0.5) is 0 Å². The third-order valence-corrected chi connectivity index (χ3v) is 3.87. The summed E-state index contributed by atoms with van der Waals surface area (Å²) in [4.78, 5) is 14.0. The topological polar surface area (TPSA) is 46.3 Å². The van der Waals surface area contributed by atoms with Crippen LogP contribution in [0.5, 0.6) is 0 Å². The monoisotopic (exact) mass is 238 g/mol. The fourth-order valence-corrected chi connectivity index (χ4v) is 2.83. The molecule has 1 atom stereocenters. The van der Waals surface area contributed by atoms with Crippen molar-refractivity contribution in [1.29, 1.82) is 0 Å². The SMILES string of the molecule is NCC1CCCN(C(=O)Cc2ccsc2)C1. The summed E-state index contributed by atoms with van der Waals surface area (Å²) < 4.78 is 0. The molecule has 1 aromatic heterocycles. The minimum atomic E-state index is 0.247. The van der Waals surface area contributed by atoms with E-state index in [9.17, 15) is 4.79 Å². The van der Waals surface area contributed by atoms with Gasteiger partial charge in [0.1, 0.15) is 0 Å². The molecule has 0 aromatic carbocycles. The lowest BCUT2D eigenvalue weighted by atomic mass is 9.98. The van der Waals surface area contributed by atoms with Crippen LogP contribution in [0.2, 0.25) is 0 Å². The molecule has 0 spiro atoms. The Morgan fingerprint density at radius 1 is 1.62 bits per heavy atom. The predicted octanol–water partition coefficient (Wildman–Crippen LogP) is 1.49. The molecule has 0 bridgehead atoms. The van der Waals surface area contributed by atoms with E-state index in [4.69, 9.17) is 5.73 Å². The lowest BCUT2D eigenvalue weighted by Gasteiger charge is -2.32. The number of amides is 1. The average molecular weight is 238 g/mol. The van der Waals surface area contributed by atoms with Gasteiger partial charge in [-0.2, -0.15) is 11.3 Å². The van der Waals surface area contributed by atoms with Gasteiger partial charge in [-0.05, 0) is 47.7 Å². The predicted molar refractivity (Wildman–Crippen MR) is 66.4 cm³/mol. The fourth-order valence-electron chi connectivity index (χ4n) is 2.16. The van der Waals surface area contributed by atoms with Gasteiger partial charge in [0.15, 0.2) is 0 Å². The third kappa shape index (κ3) is 2.83. The smallest absolute Gasteiger partial charge is 0.227 e. The minimum Gasteiger partial charge on any atom is -0.342 e. The summed E-state index contributed by atoms with van der Waals surface area (Å²) in [5.41, 5.74) is 6.79. The highest BCUT2D eigenvalue weighted by Gasteiger charge is 2.22. The van der Waals surface area contributed by atoms with Gasteiger partial charge in [0.2, 0.25) is 5.91 Å². The minimum absolute atomic E-state index is 0.247. The van der Waals surface area contributed by atoms with E-state index in [1.165, 1.54) is 6.42 Å². The van der Waals surface area contributed by atoms with Gasteiger partial charge < -0.3 is 10.6 Å². The van der Waals surface area contributed by atoms with Crippen LogP contribution in [0.1, 0.15) is 18.4 Å². The van der Waals surface area contributed by atoms with E-state index < -0.39 is 0 Å². The molecule has 88 valence electrons. The number of likely N-dealkylation sites (tertiary alicyclic amines) is 1. The van der Waals surface area contributed by atoms with Crippen LogP contribution in [0, 0.1) is 5.92 Å². The number of thiophene rings is 1. The summed E-state index contributed by atoms with van der Waals surface area (Å²) in [5, 5.41) is 4.06. The molecule has 2 heterocycles. The van der Waals surface area contributed by atoms with Crippen LogP contribution in [-0.2, 0) is 11.2 Å². The van der Waals surface area contributed by atoms with Crippen molar-refractivity contribution in [2.45, 2.75) is 19.3 Å². The van der Waals surface area contributed by atoms with Crippen molar-refractivity contribution >= 4 is 17.2 Å². The van der Waals surface area contributed by atoms with Crippen LogP contribution < -0.4 is 5.73 Å². The van der Waals surface area contributed by atoms with Crippen molar-refractivity contribution in [2.75, 3.05) is 19.6 Å². The zero-order chi connectivity index (χ0) is 11.4. The molecular weight excluding hydrogens is 220 g/mol. The first-order valence-corrected chi connectivity index (χ1v) is 6.73. The molecule has 0 aliphatic carbocycles. The second-order valence-electron chi connectivity index (χ2n) is 4.39. The van der Waals surface area contributed by atoms with E-state index in [0.29, 0.717) is 18.9 Å². The molecule has 1 amide bonds. The van der Waals surface area contributed by atoms with Gasteiger partial charge in [0.25, 0.3) is 0 Å². The van der Waals surface area contributed by atoms with Crippen molar-refractivity contribution in [3.05, 3.63) is 22.4 Å². The van der Waals surface area contributed by atoms with Crippen molar-refractivity contribution in [2.24, 2.45) is 11.7 Å². The van der Waals surface area contributed by atoms with Crippen LogP contribution in [0.15, 0.2) is 16.8 Å². The summed E-state index contributed by atoms with van der Waals surface area (Å²) in [6.07, 6.45) is 2.80. The molecule has 0 saturated carbocycles. The first-order valence-electron chi connectivity index (χ1n) is 5.78. The van der Waals surface area contributed by atoms with E-state index in [1.54, 1.807) is 11.3 Å². The standard InChI is InChI=1S/C12H18N2OS/c13-7-11-2-1-4-14(8-11)12(15)6-10-3-5-16-9-10/h3,5,9,11H,1-2,4,6-8,13H2. The van der Waals surface area contributed by atoms with Crippen molar-refractivity contribution in [1.82, 2.24) is 4.90 Å². The Balaban J connectivity index is 1.89. The molecule has 2 N–H and O–H groups in total. The molecule has 1 fully saturated rings. The zero-order valence-electron chi connectivity index (χ0n) is 9.39. The summed E-state index contributed by atoms with van der Waals surface area (Å²) in [6, 6.07) is 2.02. The largest absolute Gasteiger partial charge is 0.342 e. The number of hydrogen-bond acceptors (Lipinski definition) is 3. The Morgan fingerprint density at radius 2 is 2.50 bits per heavy atom. The van der Waals surface area contributed by atoms with Crippen LogP contribution in [0.25, 0.3) is 0 Å². The van der Waals surface area contributed by atoms with E-state index in [1.807, 2.05) is 21.7 Å². The Kier molecular flexibility index (Phi) is 3.96. The zero-order valence-corrected chi connectivity index (χ0v) is 10.2. The molecule has 4 heteroatoms. The van der Waals surface area contributed by atoms with Crippen molar-refractivity contribution < 1.29 is 4.79 Å². The maximum absolute atomic E-state index is 12.0. The molecule has 1 unspecified atom stereocenters. The second kappa shape index (κ2) is 5.46. The van der Waals surface area contributed by atoms with Gasteiger partial charge in [-0.25, -0.2) is 0 Å². The molecule has 1 aliphatic heterocycles. The first-order chi connectivity index (χ1) is 7.79. The molecular formula is C12H18N2OS. The van der Waals surface area contributed by atoms with Gasteiger partial charge in [-0.15, -0.1) is 0 Å². The number of rotatable bonds is 3. The van der Waals surface area contributed by atoms with E-state index in [2.05, 4.69) is 0 Å². The van der Waals surface area contributed by atoms with E-state index in [-0.39, 0.29) is 5.91 Å². The number of nitrogens with zero attached hydrogens (tertiary/aromatic N) is 1. The molecule has 16 heavy (non-hydrogen) atoms. The van der Waals surface area contributed by atoms with Gasteiger partial charge >= 0.3 is 0 Å². The van der Waals surface area contributed by atoms with E-state index >= 15 is 0 Å². The average Bonchev–Trinajstić information content (AvgIpc) is 2.82. The molecule has 3 nitrogen and oxygen atoms in total. The Morgan fingerprint density at radius 3 is 3.19 bits per heavy atom. The second-order valence-corrected chi connectivity index (χ2v) is 5.17.